The third kappa shape index (κ3) is 0.969. The van der Waals surface area contributed by atoms with Gasteiger partial charge in [-0.3, -0.25) is 0 Å². The highest BCUT2D eigenvalue weighted by atomic mass is 16.5. The molecular formula is C10H17BO. The summed E-state index contributed by atoms with van der Waals surface area (Å²) in [4.78, 5) is 0. The number of hydrogen-bond donors (Lipinski definition) is 0. The monoisotopic (exact) mass is 164 g/mol. The van der Waals surface area contributed by atoms with E-state index in [0.29, 0.717) is 23.3 Å². The zero-order valence-corrected chi connectivity index (χ0v) is 8.05. The Balaban J connectivity index is 2.24. The molecule has 0 N–H and O–H groups in total. The summed E-state index contributed by atoms with van der Waals surface area (Å²) in [5.41, 5.74) is 0.516. The van der Waals surface area contributed by atoms with Gasteiger partial charge in [-0.05, 0) is 24.2 Å². The van der Waals surface area contributed by atoms with Crippen LogP contribution >= 0.6 is 0 Å². The molecular weight excluding hydrogens is 147 g/mol. The summed E-state index contributed by atoms with van der Waals surface area (Å²) in [6, 6.07) is 0. The van der Waals surface area contributed by atoms with E-state index in [0.717, 1.165) is 6.61 Å². The lowest BCUT2D eigenvalue weighted by Gasteiger charge is -2.38. The van der Waals surface area contributed by atoms with E-state index in [4.69, 9.17) is 12.6 Å². The second kappa shape index (κ2) is 2.76. The Morgan fingerprint density at radius 3 is 2.92 bits per heavy atom. The highest BCUT2D eigenvalue weighted by Gasteiger charge is 2.50. The summed E-state index contributed by atoms with van der Waals surface area (Å²) in [5.74, 6) is 0.966. The van der Waals surface area contributed by atoms with Gasteiger partial charge in [0.25, 0.3) is 0 Å². The third-order valence-electron chi connectivity index (χ3n) is 4.14. The van der Waals surface area contributed by atoms with Crippen LogP contribution in [0.4, 0.5) is 0 Å². The summed E-state index contributed by atoms with van der Waals surface area (Å²) >= 11 is 0. The van der Waals surface area contributed by atoms with E-state index < -0.39 is 0 Å². The van der Waals surface area contributed by atoms with Crippen molar-refractivity contribution in [2.45, 2.75) is 45.0 Å². The van der Waals surface area contributed by atoms with Gasteiger partial charge < -0.3 is 4.74 Å². The first-order valence-corrected chi connectivity index (χ1v) is 5.07. The average Bonchev–Trinajstić information content (AvgIpc) is 2.23. The van der Waals surface area contributed by atoms with Crippen molar-refractivity contribution in [3.63, 3.8) is 0 Å². The van der Waals surface area contributed by atoms with Gasteiger partial charge in [0.15, 0.2) is 0 Å². The predicted molar refractivity (Wildman–Crippen MR) is 50.4 cm³/mol. The van der Waals surface area contributed by atoms with Crippen molar-refractivity contribution in [1.29, 1.82) is 0 Å². The zero-order valence-electron chi connectivity index (χ0n) is 8.05. The maximum atomic E-state index is 6.05. The molecule has 2 heteroatoms. The lowest BCUT2D eigenvalue weighted by molar-refractivity contribution is -0.0505. The molecule has 1 nitrogen and oxygen atoms in total. The van der Waals surface area contributed by atoms with Crippen molar-refractivity contribution in [3.8, 4) is 0 Å². The van der Waals surface area contributed by atoms with Crippen LogP contribution in [0, 0.1) is 11.3 Å². The van der Waals surface area contributed by atoms with Gasteiger partial charge in [-0.1, -0.05) is 26.1 Å². The van der Waals surface area contributed by atoms with E-state index in [1.54, 1.807) is 0 Å². The lowest BCUT2D eigenvalue weighted by Crippen LogP contribution is -2.36. The quantitative estimate of drug-likeness (QED) is 0.539. The fourth-order valence-corrected chi connectivity index (χ4v) is 3.13. The minimum atomic E-state index is 0.294. The van der Waals surface area contributed by atoms with Crippen LogP contribution < -0.4 is 0 Å². The highest BCUT2D eigenvalue weighted by Crippen LogP contribution is 2.56. The molecule has 0 aromatic heterocycles. The van der Waals surface area contributed by atoms with Gasteiger partial charge in [-0.15, -0.1) is 0 Å². The Labute approximate surface area is 76.3 Å². The molecule has 4 atom stereocenters. The van der Waals surface area contributed by atoms with Crippen LogP contribution in [-0.4, -0.2) is 20.6 Å². The van der Waals surface area contributed by atoms with Crippen molar-refractivity contribution in [2.24, 2.45) is 11.3 Å². The number of hydrogen-bond acceptors (Lipinski definition) is 1. The Morgan fingerprint density at radius 2 is 2.33 bits per heavy atom. The molecule has 2 aliphatic rings. The largest absolute Gasteiger partial charge is 0.378 e. The van der Waals surface area contributed by atoms with Crippen LogP contribution in [0.3, 0.4) is 0 Å². The van der Waals surface area contributed by atoms with E-state index in [2.05, 4.69) is 13.8 Å². The topological polar surface area (TPSA) is 9.23 Å². The first-order chi connectivity index (χ1) is 5.69. The van der Waals surface area contributed by atoms with Crippen LogP contribution in [0.25, 0.3) is 0 Å². The van der Waals surface area contributed by atoms with E-state index >= 15 is 0 Å². The predicted octanol–water partition coefficient (Wildman–Crippen LogP) is 2.17. The highest BCUT2D eigenvalue weighted by molar-refractivity contribution is 6.12. The molecule has 0 amide bonds. The van der Waals surface area contributed by atoms with Gasteiger partial charge in [0.05, 0.1) is 14.0 Å². The normalized spacial score (nSPS) is 52.7. The van der Waals surface area contributed by atoms with E-state index in [9.17, 15) is 0 Å². The second-order valence-electron chi connectivity index (χ2n) is 4.46. The molecule has 1 aliphatic heterocycles. The molecule has 0 aromatic rings. The minimum Gasteiger partial charge on any atom is -0.378 e. The van der Waals surface area contributed by atoms with Gasteiger partial charge in [-0.2, -0.15) is 0 Å². The van der Waals surface area contributed by atoms with Gasteiger partial charge in [0.1, 0.15) is 0 Å². The SMILES string of the molecule is [B][C@@H]1C[C@@]2(CC)CCO[C@H]1C2C. The fourth-order valence-electron chi connectivity index (χ4n) is 3.13. The van der Waals surface area contributed by atoms with Crippen molar-refractivity contribution >= 4 is 7.85 Å². The first kappa shape index (κ1) is 8.62. The molecule has 1 unspecified atom stereocenters. The van der Waals surface area contributed by atoms with Crippen molar-refractivity contribution in [3.05, 3.63) is 0 Å². The van der Waals surface area contributed by atoms with Crippen molar-refractivity contribution < 1.29 is 4.74 Å². The summed E-state index contributed by atoms with van der Waals surface area (Å²) in [7, 11) is 6.05. The Morgan fingerprint density at radius 1 is 1.58 bits per heavy atom. The molecule has 66 valence electrons. The van der Waals surface area contributed by atoms with E-state index in [1.807, 2.05) is 0 Å². The van der Waals surface area contributed by atoms with Gasteiger partial charge in [0, 0.05) is 6.61 Å². The first-order valence-electron chi connectivity index (χ1n) is 5.07. The van der Waals surface area contributed by atoms with E-state index in [1.165, 1.54) is 19.3 Å². The molecule has 2 bridgehead atoms. The van der Waals surface area contributed by atoms with Gasteiger partial charge in [-0.25, -0.2) is 0 Å². The molecule has 1 saturated heterocycles. The number of ether oxygens (including phenoxy) is 1. The van der Waals surface area contributed by atoms with Crippen molar-refractivity contribution in [2.75, 3.05) is 6.61 Å². The molecule has 2 rings (SSSR count). The smallest absolute Gasteiger partial charge is 0.0735 e. The Kier molecular flexibility index (Phi) is 1.98. The Bertz CT molecular complexity index is 183. The van der Waals surface area contributed by atoms with Crippen LogP contribution in [0.2, 0.25) is 5.82 Å². The molecule has 0 spiro atoms. The number of rotatable bonds is 1. The molecule has 1 saturated carbocycles. The third-order valence-corrected chi connectivity index (χ3v) is 4.14. The molecule has 2 fully saturated rings. The maximum absolute atomic E-state index is 6.05. The summed E-state index contributed by atoms with van der Waals surface area (Å²) in [5, 5.41) is 0. The van der Waals surface area contributed by atoms with Crippen molar-refractivity contribution in [1.82, 2.24) is 0 Å². The molecule has 2 radical (unpaired) electrons. The fraction of sp³-hybridized carbons (Fsp3) is 1.00. The average molecular weight is 164 g/mol. The molecule has 1 aliphatic carbocycles. The zero-order chi connectivity index (χ0) is 8.77. The van der Waals surface area contributed by atoms with Gasteiger partial charge >= 0.3 is 0 Å². The summed E-state index contributed by atoms with van der Waals surface area (Å²) < 4.78 is 5.70. The maximum Gasteiger partial charge on any atom is 0.0735 e. The van der Waals surface area contributed by atoms with Crippen LogP contribution in [0.15, 0.2) is 0 Å². The molecule has 12 heavy (non-hydrogen) atoms. The molecule has 1 heterocycles. The number of fused-ring (bicyclic) bond motifs is 2. The minimum absolute atomic E-state index is 0.294. The summed E-state index contributed by atoms with van der Waals surface area (Å²) in [6.07, 6.45) is 4.00. The van der Waals surface area contributed by atoms with Crippen LogP contribution in [-0.2, 0) is 4.74 Å². The van der Waals surface area contributed by atoms with Crippen LogP contribution in [0.5, 0.6) is 0 Å². The summed E-state index contributed by atoms with van der Waals surface area (Å²) in [6.45, 7) is 5.52. The van der Waals surface area contributed by atoms with Crippen LogP contribution in [0.1, 0.15) is 33.1 Å². The standard InChI is InChI=1S/C10H17BO/c1-3-10-4-5-12-9(7(10)2)8(11)6-10/h7-9H,3-6H2,1-2H3/t7?,8-,9+,10-/m1/s1. The Hall–Kier alpha value is 0.0249. The second-order valence-corrected chi connectivity index (χ2v) is 4.46. The van der Waals surface area contributed by atoms with E-state index in [-0.39, 0.29) is 0 Å². The molecule has 0 aromatic carbocycles. The van der Waals surface area contributed by atoms with Gasteiger partial charge in [0.2, 0.25) is 0 Å². The lowest BCUT2D eigenvalue weighted by atomic mass is 9.72.